The summed E-state index contributed by atoms with van der Waals surface area (Å²) in [6, 6.07) is 12.6. The standard InChI is InChI=1S/C17H16N2O6S/c20-16(11-26-10-12-4-6-14(7-5-12)19(23)24)18-13-2-1-3-15(8-13)25-9-17(21)22/h1-8H,9-11H2,(H,18,20)(H,21,22). The second-order valence-corrected chi connectivity index (χ2v) is 6.16. The van der Waals surface area contributed by atoms with Gasteiger partial charge in [-0.1, -0.05) is 18.2 Å². The number of benzene rings is 2. The molecule has 0 radical (unpaired) electrons. The Bertz CT molecular complexity index is 794. The molecule has 2 rings (SSSR count). The fourth-order valence-electron chi connectivity index (χ4n) is 1.98. The van der Waals surface area contributed by atoms with E-state index in [1.807, 2.05) is 0 Å². The molecule has 0 aliphatic heterocycles. The van der Waals surface area contributed by atoms with Crippen LogP contribution in [0.15, 0.2) is 48.5 Å². The van der Waals surface area contributed by atoms with Crippen molar-refractivity contribution in [1.82, 2.24) is 0 Å². The van der Waals surface area contributed by atoms with Crippen molar-refractivity contribution >= 4 is 35.0 Å². The molecule has 0 aliphatic rings. The number of nitrogens with one attached hydrogen (secondary N) is 1. The Hall–Kier alpha value is -3.07. The quantitative estimate of drug-likeness (QED) is 0.510. The Kier molecular flexibility index (Phi) is 6.98. The lowest BCUT2D eigenvalue weighted by Gasteiger charge is -2.08. The summed E-state index contributed by atoms with van der Waals surface area (Å²) in [4.78, 5) is 32.6. The van der Waals surface area contributed by atoms with E-state index in [0.29, 0.717) is 17.2 Å². The predicted molar refractivity (Wildman–Crippen MR) is 97.5 cm³/mol. The van der Waals surface area contributed by atoms with Gasteiger partial charge in [0.1, 0.15) is 5.75 Å². The molecule has 0 aromatic heterocycles. The van der Waals surface area contributed by atoms with Crippen molar-refractivity contribution in [1.29, 1.82) is 0 Å². The molecular weight excluding hydrogens is 360 g/mol. The van der Waals surface area contributed by atoms with Crippen molar-refractivity contribution in [3.63, 3.8) is 0 Å². The third kappa shape index (κ3) is 6.44. The minimum absolute atomic E-state index is 0.0292. The lowest BCUT2D eigenvalue weighted by molar-refractivity contribution is -0.384. The van der Waals surface area contributed by atoms with Crippen LogP contribution in [-0.4, -0.2) is 34.3 Å². The van der Waals surface area contributed by atoms with Gasteiger partial charge in [0.15, 0.2) is 6.61 Å². The molecule has 0 fully saturated rings. The Balaban J connectivity index is 1.78. The number of nitro groups is 1. The molecule has 1 amide bonds. The molecule has 8 nitrogen and oxygen atoms in total. The van der Waals surface area contributed by atoms with Crippen molar-refractivity contribution in [2.45, 2.75) is 5.75 Å². The van der Waals surface area contributed by atoms with Gasteiger partial charge >= 0.3 is 5.97 Å². The number of thioether (sulfide) groups is 1. The van der Waals surface area contributed by atoms with Crippen molar-refractivity contribution in [3.8, 4) is 5.75 Å². The highest BCUT2D eigenvalue weighted by Gasteiger charge is 2.07. The first-order valence-corrected chi connectivity index (χ1v) is 8.65. The number of nitro benzene ring substituents is 1. The van der Waals surface area contributed by atoms with Crippen LogP contribution in [0.2, 0.25) is 0 Å². The van der Waals surface area contributed by atoms with E-state index in [1.165, 1.54) is 23.9 Å². The van der Waals surface area contributed by atoms with Crippen molar-refractivity contribution in [2.75, 3.05) is 17.7 Å². The van der Waals surface area contributed by atoms with Crippen LogP contribution >= 0.6 is 11.8 Å². The van der Waals surface area contributed by atoms with Crippen molar-refractivity contribution in [3.05, 3.63) is 64.2 Å². The van der Waals surface area contributed by atoms with Gasteiger partial charge in [-0.25, -0.2) is 4.79 Å². The van der Waals surface area contributed by atoms with Gasteiger partial charge in [0.25, 0.3) is 5.69 Å². The fourth-order valence-corrected chi connectivity index (χ4v) is 2.77. The number of hydrogen-bond acceptors (Lipinski definition) is 6. The predicted octanol–water partition coefficient (Wildman–Crippen LogP) is 2.93. The molecule has 136 valence electrons. The molecule has 0 bridgehead atoms. The van der Waals surface area contributed by atoms with Gasteiger partial charge < -0.3 is 15.2 Å². The molecule has 2 aromatic carbocycles. The lowest BCUT2D eigenvalue weighted by atomic mass is 10.2. The van der Waals surface area contributed by atoms with E-state index in [0.717, 1.165) is 5.56 Å². The van der Waals surface area contributed by atoms with Crippen molar-refractivity contribution in [2.24, 2.45) is 0 Å². The number of carbonyl (C=O) groups is 2. The Labute approximate surface area is 153 Å². The van der Waals surface area contributed by atoms with Gasteiger partial charge in [0.05, 0.1) is 10.7 Å². The van der Waals surface area contributed by atoms with Crippen LogP contribution in [0.1, 0.15) is 5.56 Å². The van der Waals surface area contributed by atoms with Gasteiger partial charge in [0.2, 0.25) is 5.91 Å². The van der Waals surface area contributed by atoms with Gasteiger partial charge in [-0.2, -0.15) is 0 Å². The molecule has 0 heterocycles. The van der Waals surface area contributed by atoms with E-state index in [-0.39, 0.29) is 17.3 Å². The number of non-ortho nitro benzene ring substituents is 1. The number of rotatable bonds is 9. The average molecular weight is 376 g/mol. The molecular formula is C17H16N2O6S. The van der Waals surface area contributed by atoms with Crippen LogP contribution in [0.4, 0.5) is 11.4 Å². The number of carbonyl (C=O) groups excluding carboxylic acids is 1. The minimum Gasteiger partial charge on any atom is -0.482 e. The molecule has 9 heteroatoms. The van der Waals surface area contributed by atoms with E-state index < -0.39 is 17.5 Å². The normalized spacial score (nSPS) is 10.2. The Morgan fingerprint density at radius 3 is 2.58 bits per heavy atom. The zero-order valence-electron chi connectivity index (χ0n) is 13.6. The monoisotopic (exact) mass is 376 g/mol. The largest absolute Gasteiger partial charge is 0.482 e. The number of anilines is 1. The van der Waals surface area contributed by atoms with Gasteiger partial charge in [-0.15, -0.1) is 11.8 Å². The number of carboxylic acids is 1. The highest BCUT2D eigenvalue weighted by atomic mass is 32.2. The maximum Gasteiger partial charge on any atom is 0.341 e. The molecule has 2 aromatic rings. The number of ether oxygens (including phenoxy) is 1. The third-order valence-corrected chi connectivity index (χ3v) is 4.13. The summed E-state index contributed by atoms with van der Waals surface area (Å²) < 4.78 is 5.05. The summed E-state index contributed by atoms with van der Waals surface area (Å²) in [6.45, 7) is -0.456. The summed E-state index contributed by atoms with van der Waals surface area (Å²) in [6.07, 6.45) is 0. The first-order valence-electron chi connectivity index (χ1n) is 7.49. The molecule has 0 saturated heterocycles. The first kappa shape index (κ1) is 19.3. The number of hydrogen-bond donors (Lipinski definition) is 2. The summed E-state index contributed by atoms with van der Waals surface area (Å²) in [5, 5.41) is 21.9. The molecule has 0 unspecified atom stereocenters. The maximum absolute atomic E-state index is 12.0. The zero-order valence-corrected chi connectivity index (χ0v) is 14.4. The molecule has 2 N–H and O–H groups in total. The molecule has 0 saturated carbocycles. The van der Waals surface area contributed by atoms with E-state index in [2.05, 4.69) is 5.32 Å². The number of carboxylic acid groups (broad SMARTS) is 1. The third-order valence-electron chi connectivity index (χ3n) is 3.13. The summed E-state index contributed by atoms with van der Waals surface area (Å²) >= 11 is 1.38. The van der Waals surface area contributed by atoms with Gasteiger partial charge in [-0.3, -0.25) is 14.9 Å². The summed E-state index contributed by atoms with van der Waals surface area (Å²) in [7, 11) is 0. The Morgan fingerprint density at radius 1 is 1.19 bits per heavy atom. The fraction of sp³-hybridized carbons (Fsp3) is 0.176. The minimum atomic E-state index is -1.08. The van der Waals surface area contributed by atoms with E-state index in [4.69, 9.17) is 9.84 Å². The van der Waals surface area contributed by atoms with Gasteiger partial charge in [0, 0.05) is 29.6 Å². The number of nitrogens with zero attached hydrogens (tertiary/aromatic N) is 1. The summed E-state index contributed by atoms with van der Waals surface area (Å²) in [5.41, 5.74) is 1.42. The first-order chi connectivity index (χ1) is 12.4. The lowest BCUT2D eigenvalue weighted by Crippen LogP contribution is -2.14. The maximum atomic E-state index is 12.0. The van der Waals surface area contributed by atoms with E-state index in [1.54, 1.807) is 36.4 Å². The second kappa shape index (κ2) is 9.42. The highest BCUT2D eigenvalue weighted by molar-refractivity contribution is 7.99. The van der Waals surface area contributed by atoms with Crippen LogP contribution in [-0.2, 0) is 15.3 Å². The Morgan fingerprint density at radius 2 is 1.92 bits per heavy atom. The van der Waals surface area contributed by atoms with Crippen LogP contribution in [0.5, 0.6) is 5.75 Å². The summed E-state index contributed by atoms with van der Waals surface area (Å²) in [5.74, 6) is -0.192. The van der Waals surface area contributed by atoms with Crippen LogP contribution in [0.3, 0.4) is 0 Å². The number of aliphatic carboxylic acids is 1. The smallest absolute Gasteiger partial charge is 0.341 e. The highest BCUT2D eigenvalue weighted by Crippen LogP contribution is 2.19. The van der Waals surface area contributed by atoms with Crippen LogP contribution in [0.25, 0.3) is 0 Å². The van der Waals surface area contributed by atoms with Gasteiger partial charge in [-0.05, 0) is 17.7 Å². The second-order valence-electron chi connectivity index (χ2n) is 5.17. The molecule has 0 atom stereocenters. The molecule has 0 aliphatic carbocycles. The van der Waals surface area contributed by atoms with Crippen molar-refractivity contribution < 1.29 is 24.4 Å². The van der Waals surface area contributed by atoms with E-state index in [9.17, 15) is 19.7 Å². The number of amides is 1. The topological polar surface area (TPSA) is 119 Å². The molecule has 26 heavy (non-hydrogen) atoms. The average Bonchev–Trinajstić information content (AvgIpc) is 2.60. The molecule has 0 spiro atoms. The zero-order chi connectivity index (χ0) is 18.9. The van der Waals surface area contributed by atoms with Crippen LogP contribution in [0, 0.1) is 10.1 Å². The van der Waals surface area contributed by atoms with E-state index >= 15 is 0 Å². The SMILES string of the molecule is O=C(O)COc1cccc(NC(=O)CSCc2ccc([N+](=O)[O-])cc2)c1. The van der Waals surface area contributed by atoms with Crippen LogP contribution < -0.4 is 10.1 Å².